The van der Waals surface area contributed by atoms with Gasteiger partial charge in [-0.25, -0.2) is 0 Å². The molecular formula is C16H23NO3. The fourth-order valence-electron chi connectivity index (χ4n) is 2.49. The maximum absolute atomic E-state index is 12.2. The summed E-state index contributed by atoms with van der Waals surface area (Å²) in [6, 6.07) is 6.98. The SMILES string of the molecule is CC(C)(C)OC(=O)[C@H]1CCCN1Cc1ccc(O)cc1. The van der Waals surface area contributed by atoms with Gasteiger partial charge in [0.1, 0.15) is 17.4 Å². The Bertz CT molecular complexity index is 462. The summed E-state index contributed by atoms with van der Waals surface area (Å²) in [5.74, 6) is 0.132. The number of rotatable bonds is 3. The highest BCUT2D eigenvalue weighted by Gasteiger charge is 2.33. The molecule has 0 saturated carbocycles. The van der Waals surface area contributed by atoms with Crippen molar-refractivity contribution in [2.45, 2.75) is 51.8 Å². The van der Waals surface area contributed by atoms with Crippen molar-refractivity contribution >= 4 is 5.97 Å². The molecule has 4 nitrogen and oxygen atoms in total. The minimum absolute atomic E-state index is 0.131. The molecule has 0 bridgehead atoms. The normalized spacial score (nSPS) is 20.1. The van der Waals surface area contributed by atoms with Gasteiger partial charge in [-0.1, -0.05) is 12.1 Å². The number of ether oxygens (including phenoxy) is 1. The van der Waals surface area contributed by atoms with E-state index in [4.69, 9.17) is 4.74 Å². The molecule has 1 aliphatic rings. The molecule has 1 aromatic rings. The van der Waals surface area contributed by atoms with Crippen LogP contribution < -0.4 is 0 Å². The minimum atomic E-state index is -0.441. The third-order valence-electron chi connectivity index (χ3n) is 3.36. The predicted octanol–water partition coefficient (Wildman–Crippen LogP) is 2.70. The van der Waals surface area contributed by atoms with Crippen molar-refractivity contribution < 1.29 is 14.6 Å². The van der Waals surface area contributed by atoms with Crippen LogP contribution in [0.25, 0.3) is 0 Å². The molecular weight excluding hydrogens is 254 g/mol. The van der Waals surface area contributed by atoms with Gasteiger partial charge >= 0.3 is 5.97 Å². The van der Waals surface area contributed by atoms with Crippen LogP contribution in [0.5, 0.6) is 5.75 Å². The lowest BCUT2D eigenvalue weighted by atomic mass is 10.1. The van der Waals surface area contributed by atoms with Gasteiger partial charge in [0.2, 0.25) is 0 Å². The standard InChI is InChI=1S/C16H23NO3/c1-16(2,3)20-15(19)14-5-4-10-17(14)11-12-6-8-13(18)9-7-12/h6-9,14,18H,4-5,10-11H2,1-3H3/t14-/m1/s1. The van der Waals surface area contributed by atoms with Crippen molar-refractivity contribution in [3.05, 3.63) is 29.8 Å². The van der Waals surface area contributed by atoms with Crippen molar-refractivity contribution in [2.75, 3.05) is 6.54 Å². The van der Waals surface area contributed by atoms with Crippen LogP contribution in [0.2, 0.25) is 0 Å². The Balaban J connectivity index is 2.00. The number of carbonyl (C=O) groups excluding carboxylic acids is 1. The quantitative estimate of drug-likeness (QED) is 0.863. The van der Waals surface area contributed by atoms with E-state index in [1.54, 1.807) is 12.1 Å². The molecule has 1 heterocycles. The Morgan fingerprint density at radius 1 is 1.35 bits per heavy atom. The summed E-state index contributed by atoms with van der Waals surface area (Å²) in [6.45, 7) is 7.30. The topological polar surface area (TPSA) is 49.8 Å². The Morgan fingerprint density at radius 3 is 2.60 bits per heavy atom. The summed E-state index contributed by atoms with van der Waals surface area (Å²) in [5.41, 5.74) is 0.655. The van der Waals surface area contributed by atoms with Crippen molar-refractivity contribution in [3.63, 3.8) is 0 Å². The van der Waals surface area contributed by atoms with Gasteiger partial charge in [0.25, 0.3) is 0 Å². The average Bonchev–Trinajstić information content (AvgIpc) is 2.78. The zero-order valence-electron chi connectivity index (χ0n) is 12.4. The molecule has 0 aromatic heterocycles. The van der Waals surface area contributed by atoms with Gasteiger partial charge in [-0.3, -0.25) is 9.69 Å². The average molecular weight is 277 g/mol. The molecule has 0 aliphatic carbocycles. The first-order valence-electron chi connectivity index (χ1n) is 7.10. The highest BCUT2D eigenvalue weighted by molar-refractivity contribution is 5.76. The van der Waals surface area contributed by atoms with Gasteiger partial charge in [0.15, 0.2) is 0 Å². The lowest BCUT2D eigenvalue weighted by Crippen LogP contribution is -2.40. The van der Waals surface area contributed by atoms with E-state index in [1.807, 2.05) is 32.9 Å². The van der Waals surface area contributed by atoms with Crippen molar-refractivity contribution in [3.8, 4) is 5.75 Å². The van der Waals surface area contributed by atoms with E-state index < -0.39 is 5.60 Å². The van der Waals surface area contributed by atoms with Crippen LogP contribution >= 0.6 is 0 Å². The second kappa shape index (κ2) is 5.83. The number of hydrogen-bond donors (Lipinski definition) is 1. The lowest BCUT2D eigenvalue weighted by molar-refractivity contribution is -0.160. The van der Waals surface area contributed by atoms with Gasteiger partial charge < -0.3 is 9.84 Å². The molecule has 0 unspecified atom stereocenters. The van der Waals surface area contributed by atoms with Crippen LogP contribution in [-0.4, -0.2) is 34.2 Å². The summed E-state index contributed by atoms with van der Waals surface area (Å²) in [4.78, 5) is 14.4. The second-order valence-corrected chi connectivity index (χ2v) is 6.33. The van der Waals surface area contributed by atoms with E-state index in [1.165, 1.54) is 0 Å². The van der Waals surface area contributed by atoms with Gasteiger partial charge in [0, 0.05) is 6.54 Å². The second-order valence-electron chi connectivity index (χ2n) is 6.33. The van der Waals surface area contributed by atoms with Crippen LogP contribution in [0.1, 0.15) is 39.2 Å². The molecule has 0 amide bonds. The largest absolute Gasteiger partial charge is 0.508 e. The first-order chi connectivity index (χ1) is 9.35. The number of nitrogens with zero attached hydrogens (tertiary/aromatic N) is 1. The first kappa shape index (κ1) is 14.9. The maximum atomic E-state index is 12.2. The van der Waals surface area contributed by atoms with Gasteiger partial charge in [-0.2, -0.15) is 0 Å². The Morgan fingerprint density at radius 2 is 2.00 bits per heavy atom. The fraction of sp³-hybridized carbons (Fsp3) is 0.562. The van der Waals surface area contributed by atoms with E-state index in [0.717, 1.165) is 24.9 Å². The summed E-state index contributed by atoms with van der Waals surface area (Å²) in [5, 5.41) is 9.30. The molecule has 20 heavy (non-hydrogen) atoms. The third kappa shape index (κ3) is 3.97. The van der Waals surface area contributed by atoms with E-state index in [9.17, 15) is 9.90 Å². The van der Waals surface area contributed by atoms with Crippen molar-refractivity contribution in [2.24, 2.45) is 0 Å². The lowest BCUT2D eigenvalue weighted by Gasteiger charge is -2.27. The molecule has 1 aromatic carbocycles. The van der Waals surface area contributed by atoms with Crippen LogP contribution in [0, 0.1) is 0 Å². The van der Waals surface area contributed by atoms with Crippen molar-refractivity contribution in [1.82, 2.24) is 4.90 Å². The molecule has 1 aliphatic heterocycles. The number of phenols is 1. The fourth-order valence-corrected chi connectivity index (χ4v) is 2.49. The van der Waals surface area contributed by atoms with E-state index in [0.29, 0.717) is 6.54 Å². The molecule has 0 spiro atoms. The smallest absolute Gasteiger partial charge is 0.323 e. The van der Waals surface area contributed by atoms with E-state index in [-0.39, 0.29) is 17.8 Å². The molecule has 1 N–H and O–H groups in total. The zero-order chi connectivity index (χ0) is 14.8. The number of carbonyl (C=O) groups is 1. The monoisotopic (exact) mass is 277 g/mol. The Labute approximate surface area is 120 Å². The van der Waals surface area contributed by atoms with E-state index in [2.05, 4.69) is 4.90 Å². The summed E-state index contributed by atoms with van der Waals surface area (Å²) in [6.07, 6.45) is 1.87. The third-order valence-corrected chi connectivity index (χ3v) is 3.36. The van der Waals surface area contributed by atoms with Gasteiger partial charge in [0.05, 0.1) is 0 Å². The number of phenolic OH excluding ortho intramolecular Hbond substituents is 1. The highest BCUT2D eigenvalue weighted by Crippen LogP contribution is 2.23. The molecule has 1 fully saturated rings. The zero-order valence-corrected chi connectivity index (χ0v) is 12.4. The Kier molecular flexibility index (Phi) is 4.33. The molecule has 4 heteroatoms. The number of esters is 1. The van der Waals surface area contributed by atoms with Gasteiger partial charge in [-0.05, 0) is 57.9 Å². The summed E-state index contributed by atoms with van der Waals surface area (Å²) < 4.78 is 5.49. The maximum Gasteiger partial charge on any atom is 0.323 e. The number of aromatic hydroxyl groups is 1. The van der Waals surface area contributed by atoms with Crippen LogP contribution in [0.15, 0.2) is 24.3 Å². The van der Waals surface area contributed by atoms with Crippen molar-refractivity contribution in [1.29, 1.82) is 0 Å². The van der Waals surface area contributed by atoms with E-state index >= 15 is 0 Å². The molecule has 2 rings (SSSR count). The van der Waals surface area contributed by atoms with Crippen LogP contribution in [0.3, 0.4) is 0 Å². The highest BCUT2D eigenvalue weighted by atomic mass is 16.6. The van der Waals surface area contributed by atoms with Crippen LogP contribution in [-0.2, 0) is 16.1 Å². The molecule has 0 radical (unpaired) electrons. The Hall–Kier alpha value is -1.55. The number of hydrogen-bond acceptors (Lipinski definition) is 4. The number of likely N-dealkylation sites (tertiary alicyclic amines) is 1. The molecule has 1 saturated heterocycles. The first-order valence-corrected chi connectivity index (χ1v) is 7.10. The van der Waals surface area contributed by atoms with Gasteiger partial charge in [-0.15, -0.1) is 0 Å². The predicted molar refractivity (Wildman–Crippen MR) is 77.4 cm³/mol. The number of benzene rings is 1. The molecule has 1 atom stereocenters. The minimum Gasteiger partial charge on any atom is -0.508 e. The van der Waals surface area contributed by atoms with Crippen LogP contribution in [0.4, 0.5) is 0 Å². The molecule has 110 valence electrons. The summed E-state index contributed by atoms with van der Waals surface area (Å²) >= 11 is 0. The summed E-state index contributed by atoms with van der Waals surface area (Å²) in [7, 11) is 0.